The number of quaternary nitrogens is 1. The Morgan fingerprint density at radius 1 is 0.727 bits per heavy atom. The number of likely N-dealkylation sites (N-methyl/N-ethyl adjacent to an activating group) is 1. The van der Waals surface area contributed by atoms with Crippen molar-refractivity contribution in [1.82, 2.24) is 0 Å². The van der Waals surface area contributed by atoms with Crippen molar-refractivity contribution in [1.29, 1.82) is 0 Å². The van der Waals surface area contributed by atoms with Crippen LogP contribution in [0.25, 0.3) is 0 Å². The molecular formula is C24H53NO7P+. The third-order valence-electron chi connectivity index (χ3n) is 5.54. The van der Waals surface area contributed by atoms with Crippen molar-refractivity contribution >= 4 is 7.82 Å². The van der Waals surface area contributed by atoms with E-state index >= 15 is 0 Å². The molecule has 0 saturated carbocycles. The van der Waals surface area contributed by atoms with E-state index in [0.29, 0.717) is 17.6 Å². The minimum atomic E-state index is -4.18. The first-order valence-electron chi connectivity index (χ1n) is 13.0. The van der Waals surface area contributed by atoms with Gasteiger partial charge >= 0.3 is 7.82 Å². The van der Waals surface area contributed by atoms with Crippen LogP contribution in [0.1, 0.15) is 96.8 Å². The quantitative estimate of drug-likeness (QED) is 0.0510. The van der Waals surface area contributed by atoms with Crippen molar-refractivity contribution in [2.24, 2.45) is 0 Å². The van der Waals surface area contributed by atoms with Gasteiger partial charge in [-0.05, 0) is 6.42 Å². The molecule has 0 aliphatic heterocycles. The van der Waals surface area contributed by atoms with Crippen LogP contribution in [0.15, 0.2) is 0 Å². The highest BCUT2D eigenvalue weighted by molar-refractivity contribution is 7.47. The van der Waals surface area contributed by atoms with Gasteiger partial charge in [0.25, 0.3) is 0 Å². The van der Waals surface area contributed by atoms with Crippen LogP contribution in [0.5, 0.6) is 0 Å². The topological polar surface area (TPSA) is 94.5 Å². The molecule has 0 spiro atoms. The minimum absolute atomic E-state index is 0.0911. The van der Waals surface area contributed by atoms with Gasteiger partial charge in [-0.25, -0.2) is 9.45 Å². The van der Waals surface area contributed by atoms with Gasteiger partial charge in [0.2, 0.25) is 0 Å². The van der Waals surface area contributed by atoms with Gasteiger partial charge in [-0.1, -0.05) is 90.4 Å². The summed E-state index contributed by atoms with van der Waals surface area (Å²) in [5.74, 6) is 0. The first-order valence-corrected chi connectivity index (χ1v) is 14.5. The molecule has 0 bridgehead atoms. The first-order chi connectivity index (χ1) is 15.7. The Balaban J connectivity index is 3.53. The molecule has 2 N–H and O–H groups in total. The number of ether oxygens (including phenoxy) is 1. The number of rotatable bonds is 25. The van der Waals surface area contributed by atoms with Gasteiger partial charge in [0.05, 0.1) is 34.4 Å². The summed E-state index contributed by atoms with van der Waals surface area (Å²) in [6.45, 7) is 3.29. The minimum Gasteiger partial charge on any atom is -0.379 e. The molecular weight excluding hydrogens is 445 g/mol. The van der Waals surface area contributed by atoms with E-state index in [0.717, 1.165) is 12.8 Å². The standard InChI is InChI=1S/C24H52NO7P/c1-5-6-7-8-9-10-11-12-13-14-15-16-17-18-20-29-22-24(32-26)23-31-33(27,28)30-21-19-25(2,3)4/h24H,5-23H2,1-4H3,(H-,26,27,28)/p+1/t24-/m1/s1. The number of phosphoric acid groups is 1. The molecule has 0 radical (unpaired) electrons. The molecule has 1 unspecified atom stereocenters. The molecule has 2 atom stereocenters. The molecule has 33 heavy (non-hydrogen) atoms. The summed E-state index contributed by atoms with van der Waals surface area (Å²) in [5.41, 5.74) is 0. The predicted octanol–water partition coefficient (Wildman–Crippen LogP) is 6.18. The van der Waals surface area contributed by atoms with Crippen LogP contribution in [-0.4, -0.2) is 74.9 Å². The molecule has 0 aromatic heterocycles. The summed E-state index contributed by atoms with van der Waals surface area (Å²) in [7, 11) is 1.69. The van der Waals surface area contributed by atoms with Crippen molar-refractivity contribution < 1.29 is 37.9 Å². The van der Waals surface area contributed by atoms with Crippen molar-refractivity contribution in [3.8, 4) is 0 Å². The zero-order valence-electron chi connectivity index (χ0n) is 21.8. The van der Waals surface area contributed by atoms with E-state index in [1.165, 1.54) is 77.0 Å². The normalized spacial score (nSPS) is 15.0. The molecule has 0 amide bonds. The third-order valence-corrected chi connectivity index (χ3v) is 6.52. The highest BCUT2D eigenvalue weighted by Crippen LogP contribution is 2.43. The highest BCUT2D eigenvalue weighted by atomic mass is 31.2. The Kier molecular flexibility index (Phi) is 21.2. The fourth-order valence-electron chi connectivity index (χ4n) is 3.37. The Hall–Kier alpha value is -0.0500. The maximum Gasteiger partial charge on any atom is 0.472 e. The van der Waals surface area contributed by atoms with E-state index in [-0.39, 0.29) is 19.8 Å². The molecule has 9 heteroatoms. The van der Waals surface area contributed by atoms with Crippen LogP contribution < -0.4 is 0 Å². The summed E-state index contributed by atoms with van der Waals surface area (Å²) < 4.78 is 27.8. The van der Waals surface area contributed by atoms with E-state index in [2.05, 4.69) is 11.8 Å². The van der Waals surface area contributed by atoms with Crippen LogP contribution in [0, 0.1) is 0 Å². The largest absolute Gasteiger partial charge is 0.472 e. The Morgan fingerprint density at radius 2 is 1.21 bits per heavy atom. The molecule has 0 aliphatic carbocycles. The van der Waals surface area contributed by atoms with Gasteiger partial charge in [0.1, 0.15) is 19.3 Å². The van der Waals surface area contributed by atoms with Gasteiger partial charge in [-0.3, -0.25) is 14.3 Å². The van der Waals surface area contributed by atoms with Gasteiger partial charge in [0.15, 0.2) is 0 Å². The van der Waals surface area contributed by atoms with Crippen molar-refractivity contribution in [2.75, 3.05) is 54.1 Å². The summed E-state index contributed by atoms with van der Waals surface area (Å²) in [4.78, 5) is 14.0. The zero-order chi connectivity index (χ0) is 24.8. The third kappa shape index (κ3) is 24.9. The lowest BCUT2D eigenvalue weighted by molar-refractivity contribution is -0.870. The number of unbranched alkanes of at least 4 members (excludes halogenated alkanes) is 13. The summed E-state index contributed by atoms with van der Waals surface area (Å²) in [6.07, 6.45) is 17.4. The average molecular weight is 499 g/mol. The molecule has 8 nitrogen and oxygen atoms in total. The van der Waals surface area contributed by atoms with Crippen LogP contribution in [0.4, 0.5) is 0 Å². The zero-order valence-corrected chi connectivity index (χ0v) is 22.7. The second-order valence-electron chi connectivity index (χ2n) is 10.0. The summed E-state index contributed by atoms with van der Waals surface area (Å²) in [5, 5.41) is 8.96. The van der Waals surface area contributed by atoms with E-state index in [1.807, 2.05) is 21.1 Å². The van der Waals surface area contributed by atoms with Crippen LogP contribution in [0.2, 0.25) is 0 Å². The van der Waals surface area contributed by atoms with E-state index in [4.69, 9.17) is 19.0 Å². The fraction of sp³-hybridized carbons (Fsp3) is 1.00. The maximum absolute atomic E-state index is 11.9. The smallest absolute Gasteiger partial charge is 0.379 e. The van der Waals surface area contributed by atoms with Crippen molar-refractivity contribution in [3.63, 3.8) is 0 Å². The highest BCUT2D eigenvalue weighted by Gasteiger charge is 2.25. The summed E-state index contributed by atoms with van der Waals surface area (Å²) >= 11 is 0. The van der Waals surface area contributed by atoms with Gasteiger partial charge in [0, 0.05) is 6.61 Å². The molecule has 0 rings (SSSR count). The molecule has 0 aromatic carbocycles. The Labute approximate surface area is 203 Å². The monoisotopic (exact) mass is 498 g/mol. The lowest BCUT2D eigenvalue weighted by Crippen LogP contribution is -2.37. The SMILES string of the molecule is CCCCCCCCCCCCCCCCOC[C@H](COP(=O)(O)OCC[N+](C)(C)C)OO. The second-order valence-corrected chi connectivity index (χ2v) is 11.5. The van der Waals surface area contributed by atoms with Crippen molar-refractivity contribution in [2.45, 2.75) is 103 Å². The van der Waals surface area contributed by atoms with E-state index in [9.17, 15) is 9.46 Å². The van der Waals surface area contributed by atoms with Crippen molar-refractivity contribution in [3.05, 3.63) is 0 Å². The fourth-order valence-corrected chi connectivity index (χ4v) is 4.11. The number of nitrogens with zero attached hydrogens (tertiary/aromatic N) is 1. The predicted molar refractivity (Wildman–Crippen MR) is 133 cm³/mol. The van der Waals surface area contributed by atoms with Crippen LogP contribution in [0.3, 0.4) is 0 Å². The van der Waals surface area contributed by atoms with Crippen LogP contribution in [-0.2, 0) is 23.2 Å². The average Bonchev–Trinajstić information content (AvgIpc) is 2.74. The number of phosphoric ester groups is 1. The molecule has 200 valence electrons. The van der Waals surface area contributed by atoms with Gasteiger partial charge < -0.3 is 14.1 Å². The first kappa shape index (κ1) is 33.0. The number of hydrogen-bond donors (Lipinski definition) is 2. The maximum atomic E-state index is 11.9. The molecule has 0 fully saturated rings. The van der Waals surface area contributed by atoms with E-state index < -0.39 is 13.9 Å². The summed E-state index contributed by atoms with van der Waals surface area (Å²) in [6, 6.07) is 0. The Bertz CT molecular complexity index is 474. The number of hydrogen-bond acceptors (Lipinski definition) is 6. The lowest BCUT2D eigenvalue weighted by atomic mass is 10.0. The van der Waals surface area contributed by atoms with Gasteiger partial charge in [-0.2, -0.15) is 0 Å². The lowest BCUT2D eigenvalue weighted by Gasteiger charge is -2.24. The molecule has 0 aliphatic rings. The molecule has 0 saturated heterocycles. The van der Waals surface area contributed by atoms with E-state index in [1.54, 1.807) is 0 Å². The van der Waals surface area contributed by atoms with Gasteiger partial charge in [-0.15, -0.1) is 0 Å². The molecule has 0 heterocycles. The molecule has 0 aromatic rings. The Morgan fingerprint density at radius 3 is 1.67 bits per heavy atom. The van der Waals surface area contributed by atoms with Crippen LogP contribution >= 0.6 is 7.82 Å². The second kappa shape index (κ2) is 21.3.